The van der Waals surface area contributed by atoms with Crippen LogP contribution in [0.4, 0.5) is 0 Å². The molecule has 0 spiro atoms. The van der Waals surface area contributed by atoms with Gasteiger partial charge in [0.15, 0.2) is 11.6 Å². The second-order valence-electron chi connectivity index (χ2n) is 6.84. The topological polar surface area (TPSA) is 83.8 Å². The zero-order chi connectivity index (χ0) is 22.2. The molecule has 31 heavy (non-hydrogen) atoms. The predicted octanol–water partition coefficient (Wildman–Crippen LogP) is 5.03. The quantitative estimate of drug-likeness (QED) is 0.399. The standard InChI is InChI=1S/C26H22O5/c1-31-26-17-24(30)11-8-19(26)7-10-22(28)16-23(29)12-9-20-15-21(27)13-14-25(20)18-5-3-2-4-6-18/h2-15,17,27,30H,16H2,1H3. The summed E-state index contributed by atoms with van der Waals surface area (Å²) in [5.74, 6) is -0.137. The van der Waals surface area contributed by atoms with Crippen molar-refractivity contribution in [1.29, 1.82) is 0 Å². The van der Waals surface area contributed by atoms with Gasteiger partial charge in [-0.1, -0.05) is 42.5 Å². The Kier molecular flexibility index (Phi) is 7.01. The Morgan fingerprint density at radius 2 is 1.42 bits per heavy atom. The molecule has 0 aliphatic heterocycles. The third kappa shape index (κ3) is 5.93. The van der Waals surface area contributed by atoms with E-state index in [1.54, 1.807) is 36.4 Å². The molecule has 3 aromatic carbocycles. The van der Waals surface area contributed by atoms with Crippen molar-refractivity contribution < 1.29 is 24.5 Å². The summed E-state index contributed by atoms with van der Waals surface area (Å²) in [6.45, 7) is 0. The highest BCUT2D eigenvalue weighted by Gasteiger charge is 2.08. The molecule has 156 valence electrons. The number of benzene rings is 3. The summed E-state index contributed by atoms with van der Waals surface area (Å²) < 4.78 is 5.16. The van der Waals surface area contributed by atoms with Gasteiger partial charge in [-0.25, -0.2) is 0 Å². The third-order valence-corrected chi connectivity index (χ3v) is 4.58. The molecule has 0 aliphatic carbocycles. The normalized spacial score (nSPS) is 11.1. The van der Waals surface area contributed by atoms with Crippen molar-refractivity contribution in [1.82, 2.24) is 0 Å². The van der Waals surface area contributed by atoms with Crippen molar-refractivity contribution in [3.8, 4) is 28.4 Å². The molecule has 0 fully saturated rings. The van der Waals surface area contributed by atoms with Crippen LogP contribution in [0.25, 0.3) is 23.3 Å². The molecule has 0 bridgehead atoms. The highest BCUT2D eigenvalue weighted by atomic mass is 16.5. The molecule has 0 amide bonds. The summed E-state index contributed by atoms with van der Waals surface area (Å²) in [7, 11) is 1.47. The van der Waals surface area contributed by atoms with Crippen LogP contribution in [0.5, 0.6) is 17.2 Å². The summed E-state index contributed by atoms with van der Waals surface area (Å²) in [5, 5.41) is 19.3. The average molecular weight is 414 g/mol. The molecule has 0 aromatic heterocycles. The van der Waals surface area contributed by atoms with E-state index in [0.29, 0.717) is 16.9 Å². The molecular formula is C26H22O5. The Morgan fingerprint density at radius 3 is 2.10 bits per heavy atom. The van der Waals surface area contributed by atoms with Crippen LogP contribution in [0.1, 0.15) is 17.5 Å². The zero-order valence-electron chi connectivity index (χ0n) is 17.0. The molecule has 2 N–H and O–H groups in total. The predicted molar refractivity (Wildman–Crippen MR) is 121 cm³/mol. The summed E-state index contributed by atoms with van der Waals surface area (Å²) >= 11 is 0. The van der Waals surface area contributed by atoms with E-state index >= 15 is 0 Å². The lowest BCUT2D eigenvalue weighted by atomic mass is 9.98. The molecule has 0 saturated carbocycles. The van der Waals surface area contributed by atoms with Gasteiger partial charge in [-0.05, 0) is 59.2 Å². The molecular weight excluding hydrogens is 392 g/mol. The van der Waals surface area contributed by atoms with Crippen molar-refractivity contribution in [2.45, 2.75) is 6.42 Å². The van der Waals surface area contributed by atoms with E-state index in [1.165, 1.54) is 31.4 Å². The van der Waals surface area contributed by atoms with Gasteiger partial charge in [0.1, 0.15) is 17.2 Å². The lowest BCUT2D eigenvalue weighted by Crippen LogP contribution is -2.02. The van der Waals surface area contributed by atoms with Crippen LogP contribution in [0.2, 0.25) is 0 Å². The Bertz CT molecular complexity index is 1140. The van der Waals surface area contributed by atoms with Gasteiger partial charge in [0, 0.05) is 11.6 Å². The number of rotatable bonds is 8. The maximum absolute atomic E-state index is 12.3. The number of carbonyl (C=O) groups excluding carboxylic acids is 2. The minimum Gasteiger partial charge on any atom is -0.508 e. The molecule has 0 unspecified atom stereocenters. The van der Waals surface area contributed by atoms with E-state index in [0.717, 1.165) is 11.1 Å². The highest BCUT2D eigenvalue weighted by Crippen LogP contribution is 2.28. The second-order valence-corrected chi connectivity index (χ2v) is 6.84. The van der Waals surface area contributed by atoms with Crippen LogP contribution >= 0.6 is 0 Å². The van der Waals surface area contributed by atoms with E-state index in [2.05, 4.69) is 0 Å². The number of hydrogen-bond donors (Lipinski definition) is 2. The van der Waals surface area contributed by atoms with Gasteiger partial charge in [0.2, 0.25) is 0 Å². The van der Waals surface area contributed by atoms with Crippen LogP contribution in [0, 0.1) is 0 Å². The first-order valence-electron chi connectivity index (χ1n) is 9.63. The van der Waals surface area contributed by atoms with Gasteiger partial charge in [-0.15, -0.1) is 0 Å². The SMILES string of the molecule is COc1cc(O)ccc1C=CC(=O)CC(=O)C=Cc1cc(O)ccc1-c1ccccc1. The fourth-order valence-electron chi connectivity index (χ4n) is 3.06. The monoisotopic (exact) mass is 414 g/mol. The second kappa shape index (κ2) is 10.1. The molecule has 3 aromatic rings. The first-order chi connectivity index (χ1) is 15.0. The van der Waals surface area contributed by atoms with Crippen molar-refractivity contribution in [2.24, 2.45) is 0 Å². The van der Waals surface area contributed by atoms with Gasteiger partial charge in [0.05, 0.1) is 13.5 Å². The van der Waals surface area contributed by atoms with Crippen LogP contribution in [0.15, 0.2) is 78.9 Å². The summed E-state index contributed by atoms with van der Waals surface area (Å²) in [6.07, 6.45) is 5.51. The summed E-state index contributed by atoms with van der Waals surface area (Å²) in [4.78, 5) is 24.5. The molecule has 0 saturated heterocycles. The van der Waals surface area contributed by atoms with Crippen molar-refractivity contribution in [3.63, 3.8) is 0 Å². The Hall–Kier alpha value is -4.12. The minimum atomic E-state index is -0.357. The van der Waals surface area contributed by atoms with Crippen molar-refractivity contribution in [2.75, 3.05) is 7.11 Å². The summed E-state index contributed by atoms with van der Waals surface area (Å²) in [5.41, 5.74) is 3.12. The number of phenolic OH excluding ortho intramolecular Hbond substituents is 2. The van der Waals surface area contributed by atoms with Gasteiger partial charge in [-0.2, -0.15) is 0 Å². The number of ether oxygens (including phenoxy) is 1. The first-order valence-corrected chi connectivity index (χ1v) is 9.63. The maximum Gasteiger partial charge on any atom is 0.163 e. The lowest BCUT2D eigenvalue weighted by Gasteiger charge is -2.07. The van der Waals surface area contributed by atoms with E-state index < -0.39 is 0 Å². The first kappa shape index (κ1) is 21.6. The number of ketones is 2. The number of aromatic hydroxyl groups is 2. The Morgan fingerprint density at radius 1 is 0.806 bits per heavy atom. The smallest absolute Gasteiger partial charge is 0.163 e. The molecule has 5 nitrogen and oxygen atoms in total. The van der Waals surface area contributed by atoms with E-state index in [1.807, 2.05) is 30.3 Å². The van der Waals surface area contributed by atoms with E-state index in [9.17, 15) is 19.8 Å². The highest BCUT2D eigenvalue weighted by molar-refractivity contribution is 6.11. The number of hydrogen-bond acceptors (Lipinski definition) is 5. The van der Waals surface area contributed by atoms with Crippen molar-refractivity contribution >= 4 is 23.7 Å². The Balaban J connectivity index is 1.70. The maximum atomic E-state index is 12.3. The molecule has 0 heterocycles. The van der Waals surface area contributed by atoms with Gasteiger partial charge in [0.25, 0.3) is 0 Å². The molecule has 0 radical (unpaired) electrons. The fraction of sp³-hybridized carbons (Fsp3) is 0.0769. The number of methoxy groups -OCH3 is 1. The number of phenols is 2. The summed E-state index contributed by atoms with van der Waals surface area (Å²) in [6, 6.07) is 19.1. The van der Waals surface area contributed by atoms with E-state index in [4.69, 9.17) is 4.74 Å². The van der Waals surface area contributed by atoms with Gasteiger partial charge in [-0.3, -0.25) is 9.59 Å². The Labute approximate surface area is 180 Å². The van der Waals surface area contributed by atoms with Crippen LogP contribution < -0.4 is 4.74 Å². The van der Waals surface area contributed by atoms with E-state index in [-0.39, 0.29) is 29.5 Å². The average Bonchev–Trinajstić information content (AvgIpc) is 2.77. The minimum absolute atomic E-state index is 0.0578. The van der Waals surface area contributed by atoms with Crippen LogP contribution in [-0.4, -0.2) is 28.9 Å². The van der Waals surface area contributed by atoms with Crippen LogP contribution in [0.3, 0.4) is 0 Å². The largest absolute Gasteiger partial charge is 0.508 e. The van der Waals surface area contributed by atoms with Crippen LogP contribution in [-0.2, 0) is 9.59 Å². The lowest BCUT2D eigenvalue weighted by molar-refractivity contribution is -0.121. The van der Waals surface area contributed by atoms with Crippen molar-refractivity contribution in [3.05, 3.63) is 90.0 Å². The van der Waals surface area contributed by atoms with Gasteiger partial charge >= 0.3 is 0 Å². The zero-order valence-corrected chi connectivity index (χ0v) is 17.0. The third-order valence-electron chi connectivity index (χ3n) is 4.58. The van der Waals surface area contributed by atoms with Gasteiger partial charge < -0.3 is 14.9 Å². The number of allylic oxidation sites excluding steroid dienone is 2. The molecule has 0 aliphatic rings. The molecule has 5 heteroatoms. The molecule has 3 rings (SSSR count). The molecule has 0 atom stereocenters. The fourth-order valence-corrected chi connectivity index (χ4v) is 3.06. The number of carbonyl (C=O) groups is 2.